The summed E-state index contributed by atoms with van der Waals surface area (Å²) in [5.74, 6) is -1.30. The van der Waals surface area contributed by atoms with Gasteiger partial charge < -0.3 is 10.2 Å². The Bertz CT molecular complexity index is 1050. The average Bonchev–Trinajstić information content (AvgIpc) is 2.77. The molecular formula is C23H29ClFN3O4S. The molecule has 180 valence electrons. The van der Waals surface area contributed by atoms with Crippen LogP contribution < -0.4 is 9.62 Å². The van der Waals surface area contributed by atoms with Gasteiger partial charge in [0.2, 0.25) is 21.8 Å². The topological polar surface area (TPSA) is 86.8 Å². The number of hydrogen-bond acceptors (Lipinski definition) is 4. The molecule has 0 aromatic heterocycles. The molecule has 0 heterocycles. The van der Waals surface area contributed by atoms with E-state index in [1.165, 1.54) is 53.4 Å². The highest BCUT2D eigenvalue weighted by Crippen LogP contribution is 2.22. The maximum atomic E-state index is 13.4. The molecule has 2 aromatic carbocycles. The summed E-state index contributed by atoms with van der Waals surface area (Å²) in [6, 6.07) is 10.9. The number of hydrogen-bond donors (Lipinski definition) is 1. The van der Waals surface area contributed by atoms with Gasteiger partial charge in [-0.05, 0) is 54.8 Å². The van der Waals surface area contributed by atoms with Crippen molar-refractivity contribution in [2.45, 2.75) is 39.3 Å². The number of nitrogens with one attached hydrogen (secondary N) is 1. The minimum atomic E-state index is -3.81. The van der Waals surface area contributed by atoms with Crippen LogP contribution in [0.15, 0.2) is 48.5 Å². The monoisotopic (exact) mass is 497 g/mol. The fourth-order valence-electron chi connectivity index (χ4n) is 3.29. The van der Waals surface area contributed by atoms with Gasteiger partial charge in [0.05, 0.1) is 11.9 Å². The van der Waals surface area contributed by atoms with Crippen molar-refractivity contribution >= 4 is 39.1 Å². The van der Waals surface area contributed by atoms with Gasteiger partial charge in [0.1, 0.15) is 18.4 Å². The van der Waals surface area contributed by atoms with Gasteiger partial charge in [-0.25, -0.2) is 12.8 Å². The molecule has 0 spiro atoms. The van der Waals surface area contributed by atoms with Gasteiger partial charge >= 0.3 is 0 Å². The van der Waals surface area contributed by atoms with Crippen molar-refractivity contribution in [1.29, 1.82) is 0 Å². The van der Waals surface area contributed by atoms with Gasteiger partial charge in [0.15, 0.2) is 0 Å². The second-order valence-electron chi connectivity index (χ2n) is 7.61. The Morgan fingerprint density at radius 1 is 1.06 bits per heavy atom. The summed E-state index contributed by atoms with van der Waals surface area (Å²) in [6.07, 6.45) is 2.05. The Labute approximate surface area is 199 Å². The van der Waals surface area contributed by atoms with Crippen LogP contribution in [0.3, 0.4) is 0 Å². The minimum Gasteiger partial charge on any atom is -0.354 e. The molecule has 0 saturated carbocycles. The molecule has 2 amide bonds. The van der Waals surface area contributed by atoms with Crippen LogP contribution in [0.1, 0.15) is 32.3 Å². The van der Waals surface area contributed by atoms with E-state index in [2.05, 4.69) is 5.32 Å². The first-order chi connectivity index (χ1) is 15.6. The third-order valence-corrected chi connectivity index (χ3v) is 6.39. The highest BCUT2D eigenvalue weighted by Gasteiger charge is 2.31. The number of anilines is 1. The van der Waals surface area contributed by atoms with E-state index in [-0.39, 0.29) is 18.1 Å². The zero-order valence-corrected chi connectivity index (χ0v) is 20.5. The molecule has 0 aliphatic carbocycles. The average molecular weight is 498 g/mol. The third-order valence-electron chi connectivity index (χ3n) is 5.00. The first-order valence-electron chi connectivity index (χ1n) is 10.6. The van der Waals surface area contributed by atoms with Crippen LogP contribution in [0.4, 0.5) is 10.1 Å². The van der Waals surface area contributed by atoms with E-state index in [9.17, 15) is 22.4 Å². The smallest absolute Gasteiger partial charge is 0.244 e. The standard InChI is InChI=1S/C23H29ClFN3O4S/c1-4-14-26-23(30)21(5-2)27(15-17-6-10-19(25)11-7-17)22(29)16-28(33(3,31)32)20-12-8-18(24)9-13-20/h6-13,21H,4-5,14-16H2,1-3H3,(H,26,30)/t21-/m1/s1. The van der Waals surface area contributed by atoms with Crippen molar-refractivity contribution in [1.82, 2.24) is 10.2 Å². The van der Waals surface area contributed by atoms with Gasteiger partial charge in [0, 0.05) is 18.1 Å². The van der Waals surface area contributed by atoms with E-state index in [0.717, 1.165) is 17.0 Å². The summed E-state index contributed by atoms with van der Waals surface area (Å²) in [5, 5.41) is 3.22. The predicted molar refractivity (Wildman–Crippen MR) is 128 cm³/mol. The molecule has 33 heavy (non-hydrogen) atoms. The molecule has 0 aliphatic heterocycles. The van der Waals surface area contributed by atoms with E-state index >= 15 is 0 Å². The molecule has 0 unspecified atom stereocenters. The third kappa shape index (κ3) is 7.71. The summed E-state index contributed by atoms with van der Waals surface area (Å²) in [6.45, 7) is 3.66. The predicted octanol–water partition coefficient (Wildman–Crippen LogP) is 3.58. The quantitative estimate of drug-likeness (QED) is 0.514. The Balaban J connectivity index is 2.39. The molecule has 10 heteroatoms. The lowest BCUT2D eigenvalue weighted by atomic mass is 10.1. The number of halogens is 2. The highest BCUT2D eigenvalue weighted by molar-refractivity contribution is 7.92. The van der Waals surface area contributed by atoms with Gasteiger partial charge in [0.25, 0.3) is 0 Å². The second-order valence-corrected chi connectivity index (χ2v) is 9.95. The molecule has 2 aromatic rings. The molecule has 1 atom stereocenters. The van der Waals surface area contributed by atoms with Crippen molar-refractivity contribution in [2.24, 2.45) is 0 Å². The number of rotatable bonds is 11. The van der Waals surface area contributed by atoms with E-state index in [4.69, 9.17) is 11.6 Å². The lowest BCUT2D eigenvalue weighted by Gasteiger charge is -2.32. The summed E-state index contributed by atoms with van der Waals surface area (Å²) in [7, 11) is -3.81. The van der Waals surface area contributed by atoms with Crippen LogP contribution >= 0.6 is 11.6 Å². The fraction of sp³-hybridized carbons (Fsp3) is 0.391. The Kier molecular flexibility index (Phi) is 9.67. The van der Waals surface area contributed by atoms with E-state index in [0.29, 0.717) is 23.6 Å². The van der Waals surface area contributed by atoms with E-state index in [1.807, 2.05) is 6.92 Å². The van der Waals surface area contributed by atoms with Crippen LogP contribution in [0.5, 0.6) is 0 Å². The first kappa shape index (κ1) is 26.6. The second kappa shape index (κ2) is 12.0. The molecule has 0 fully saturated rings. The Morgan fingerprint density at radius 2 is 1.67 bits per heavy atom. The maximum absolute atomic E-state index is 13.4. The van der Waals surface area contributed by atoms with Gasteiger partial charge in [-0.1, -0.05) is 37.6 Å². The van der Waals surface area contributed by atoms with Crippen molar-refractivity contribution in [3.8, 4) is 0 Å². The van der Waals surface area contributed by atoms with Crippen molar-refractivity contribution in [3.63, 3.8) is 0 Å². The zero-order chi connectivity index (χ0) is 24.6. The normalized spacial score (nSPS) is 12.2. The molecule has 2 rings (SSSR count). The lowest BCUT2D eigenvalue weighted by Crippen LogP contribution is -2.52. The lowest BCUT2D eigenvalue weighted by molar-refractivity contribution is -0.140. The fourth-order valence-corrected chi connectivity index (χ4v) is 4.27. The molecule has 0 saturated heterocycles. The number of amides is 2. The van der Waals surface area contributed by atoms with Gasteiger partial charge in [-0.3, -0.25) is 13.9 Å². The van der Waals surface area contributed by atoms with Crippen molar-refractivity contribution in [3.05, 3.63) is 64.9 Å². The SMILES string of the molecule is CCCNC(=O)[C@@H](CC)N(Cc1ccc(F)cc1)C(=O)CN(c1ccc(Cl)cc1)S(C)(=O)=O. The number of sulfonamides is 1. The molecule has 0 bridgehead atoms. The molecule has 1 N–H and O–H groups in total. The van der Waals surface area contributed by atoms with Gasteiger partial charge in [-0.2, -0.15) is 0 Å². The minimum absolute atomic E-state index is 0.0232. The van der Waals surface area contributed by atoms with Crippen LogP contribution in [0.25, 0.3) is 0 Å². The highest BCUT2D eigenvalue weighted by atomic mass is 35.5. The summed E-state index contributed by atoms with van der Waals surface area (Å²) >= 11 is 5.91. The zero-order valence-electron chi connectivity index (χ0n) is 18.9. The summed E-state index contributed by atoms with van der Waals surface area (Å²) < 4.78 is 39.3. The Morgan fingerprint density at radius 3 is 2.18 bits per heavy atom. The van der Waals surface area contributed by atoms with Crippen LogP contribution in [0, 0.1) is 5.82 Å². The summed E-state index contributed by atoms with van der Waals surface area (Å²) in [5.41, 5.74) is 0.893. The van der Waals surface area contributed by atoms with Gasteiger partial charge in [-0.15, -0.1) is 0 Å². The molecule has 0 aliphatic rings. The first-order valence-corrected chi connectivity index (χ1v) is 12.8. The van der Waals surface area contributed by atoms with E-state index in [1.54, 1.807) is 6.92 Å². The largest absolute Gasteiger partial charge is 0.354 e. The van der Waals surface area contributed by atoms with E-state index < -0.39 is 34.3 Å². The van der Waals surface area contributed by atoms with Crippen LogP contribution in [-0.2, 0) is 26.2 Å². The van der Waals surface area contributed by atoms with Crippen LogP contribution in [0.2, 0.25) is 5.02 Å². The number of carbonyl (C=O) groups is 2. The number of nitrogens with zero attached hydrogens (tertiary/aromatic N) is 2. The maximum Gasteiger partial charge on any atom is 0.244 e. The molecule has 0 radical (unpaired) electrons. The number of carbonyl (C=O) groups excluding carboxylic acids is 2. The van der Waals surface area contributed by atoms with Crippen LogP contribution in [-0.4, -0.2) is 50.5 Å². The Hall–Kier alpha value is -2.65. The number of benzene rings is 2. The molecular weight excluding hydrogens is 469 g/mol. The summed E-state index contributed by atoms with van der Waals surface area (Å²) in [4.78, 5) is 27.6. The van der Waals surface area contributed by atoms with Crippen molar-refractivity contribution < 1.29 is 22.4 Å². The molecule has 7 nitrogen and oxygen atoms in total. The van der Waals surface area contributed by atoms with Crippen molar-refractivity contribution in [2.75, 3.05) is 23.7 Å².